The molecule has 35 heavy (non-hydrogen) atoms. The third-order valence-corrected chi connectivity index (χ3v) is 6.11. The monoisotopic (exact) mass is 469 g/mol. The van der Waals surface area contributed by atoms with Gasteiger partial charge in [-0.1, -0.05) is 17.3 Å². The summed E-state index contributed by atoms with van der Waals surface area (Å²) in [6.07, 6.45) is 6.78. The van der Waals surface area contributed by atoms with E-state index in [0.29, 0.717) is 47.3 Å². The van der Waals surface area contributed by atoms with Crippen molar-refractivity contribution in [3.63, 3.8) is 0 Å². The van der Waals surface area contributed by atoms with Crippen LogP contribution in [0.1, 0.15) is 29.2 Å². The predicted octanol–water partition coefficient (Wildman–Crippen LogP) is 3.83. The highest BCUT2D eigenvalue weighted by atomic mass is 19.1. The molecular formula is C25H20FN7O2. The van der Waals surface area contributed by atoms with Crippen molar-refractivity contribution in [2.75, 3.05) is 6.54 Å². The molecule has 6 heterocycles. The zero-order chi connectivity index (χ0) is 23.8. The Morgan fingerprint density at radius 1 is 1.06 bits per heavy atom. The van der Waals surface area contributed by atoms with E-state index in [9.17, 15) is 9.18 Å². The maximum atomic E-state index is 13.8. The highest BCUT2D eigenvalue weighted by molar-refractivity contribution is 5.99. The normalized spacial score (nSPS) is 15.7. The second-order valence-corrected chi connectivity index (χ2v) is 8.32. The van der Waals surface area contributed by atoms with Gasteiger partial charge < -0.3 is 9.42 Å². The van der Waals surface area contributed by atoms with Gasteiger partial charge in [-0.25, -0.2) is 14.4 Å². The number of amides is 1. The minimum Gasteiger partial charge on any atom is -0.339 e. The van der Waals surface area contributed by atoms with Gasteiger partial charge >= 0.3 is 0 Å². The Hall–Kier alpha value is -4.47. The Morgan fingerprint density at radius 2 is 1.97 bits per heavy atom. The zero-order valence-corrected chi connectivity index (χ0v) is 18.6. The summed E-state index contributed by atoms with van der Waals surface area (Å²) in [5, 5.41) is 3.97. The first-order valence-electron chi connectivity index (χ1n) is 11.3. The molecule has 0 unspecified atom stereocenters. The smallest absolute Gasteiger partial charge is 0.275 e. The Morgan fingerprint density at radius 3 is 2.80 bits per heavy atom. The van der Waals surface area contributed by atoms with Crippen LogP contribution in [0.4, 0.5) is 4.39 Å². The van der Waals surface area contributed by atoms with Crippen LogP contribution in [0, 0.1) is 5.82 Å². The van der Waals surface area contributed by atoms with E-state index in [-0.39, 0.29) is 17.8 Å². The fraction of sp³-hybridized carbons (Fsp3) is 0.200. The average molecular weight is 469 g/mol. The third kappa shape index (κ3) is 3.92. The maximum absolute atomic E-state index is 13.8. The number of aromatic nitrogens is 6. The van der Waals surface area contributed by atoms with Gasteiger partial charge in [-0.15, -0.1) is 0 Å². The van der Waals surface area contributed by atoms with Crippen LogP contribution in [0.25, 0.3) is 28.6 Å². The standard InChI is InChI=1S/C25H20FN7O2/c26-16-9-10-19(28-15-16)24-30-21(35-31-24)14-17-6-5-13-32(17)25(34)22-23(18-7-1-3-11-27-18)33-12-4-2-8-20(33)29-22/h1-4,7-12,15,17H,5-6,13-14H2/t17-/m0/s1. The summed E-state index contributed by atoms with van der Waals surface area (Å²) in [5.74, 6) is 0.0934. The number of pyridine rings is 3. The van der Waals surface area contributed by atoms with Crippen molar-refractivity contribution < 1.29 is 13.7 Å². The molecule has 0 bridgehead atoms. The van der Waals surface area contributed by atoms with Gasteiger partial charge in [0, 0.05) is 31.4 Å². The van der Waals surface area contributed by atoms with Crippen molar-refractivity contribution in [3.8, 4) is 22.9 Å². The second kappa shape index (κ2) is 8.71. The first kappa shape index (κ1) is 21.1. The van der Waals surface area contributed by atoms with Crippen molar-refractivity contribution in [1.29, 1.82) is 0 Å². The molecule has 5 aromatic rings. The van der Waals surface area contributed by atoms with Crippen molar-refractivity contribution in [1.82, 2.24) is 34.4 Å². The molecule has 1 aliphatic rings. The summed E-state index contributed by atoms with van der Waals surface area (Å²) < 4.78 is 20.5. The maximum Gasteiger partial charge on any atom is 0.275 e. The van der Waals surface area contributed by atoms with Crippen molar-refractivity contribution in [2.24, 2.45) is 0 Å². The Bertz CT molecular complexity index is 1500. The number of carbonyl (C=O) groups is 1. The summed E-state index contributed by atoms with van der Waals surface area (Å²) in [5.41, 5.74) is 2.81. The molecule has 9 nitrogen and oxygen atoms in total. The lowest BCUT2D eigenvalue weighted by molar-refractivity contribution is 0.0727. The van der Waals surface area contributed by atoms with E-state index < -0.39 is 5.82 Å². The minimum absolute atomic E-state index is 0.113. The Balaban J connectivity index is 1.29. The van der Waals surface area contributed by atoms with Gasteiger partial charge in [0.2, 0.25) is 11.7 Å². The van der Waals surface area contributed by atoms with Crippen molar-refractivity contribution >= 4 is 11.6 Å². The molecule has 1 saturated heterocycles. The lowest BCUT2D eigenvalue weighted by Gasteiger charge is -2.23. The van der Waals surface area contributed by atoms with Crippen molar-refractivity contribution in [2.45, 2.75) is 25.3 Å². The molecule has 174 valence electrons. The van der Waals surface area contributed by atoms with E-state index in [1.807, 2.05) is 51.9 Å². The lowest BCUT2D eigenvalue weighted by Crippen LogP contribution is -2.37. The molecule has 1 atom stereocenters. The van der Waals surface area contributed by atoms with Gasteiger partial charge in [0.25, 0.3) is 5.91 Å². The summed E-state index contributed by atoms with van der Waals surface area (Å²) in [6.45, 7) is 0.611. The van der Waals surface area contributed by atoms with Gasteiger partial charge in [0.15, 0.2) is 5.69 Å². The molecule has 0 saturated carbocycles. The summed E-state index contributed by atoms with van der Waals surface area (Å²) in [6, 6.07) is 13.9. The summed E-state index contributed by atoms with van der Waals surface area (Å²) >= 11 is 0. The number of hydrogen-bond acceptors (Lipinski definition) is 7. The van der Waals surface area contributed by atoms with E-state index in [0.717, 1.165) is 19.0 Å². The number of imidazole rings is 1. The van der Waals surface area contributed by atoms with E-state index in [1.54, 1.807) is 6.20 Å². The average Bonchev–Trinajstić information content (AvgIpc) is 3.63. The van der Waals surface area contributed by atoms with Crippen molar-refractivity contribution in [3.05, 3.63) is 84.5 Å². The molecule has 0 aliphatic carbocycles. The van der Waals surface area contributed by atoms with Crippen LogP contribution in [0.15, 0.2) is 71.6 Å². The minimum atomic E-state index is -0.436. The highest BCUT2D eigenvalue weighted by Crippen LogP contribution is 2.29. The number of likely N-dealkylation sites (tertiary alicyclic amines) is 1. The third-order valence-electron chi connectivity index (χ3n) is 6.11. The van der Waals surface area contributed by atoms with Gasteiger partial charge in [-0.05, 0) is 49.2 Å². The molecule has 10 heteroatoms. The lowest BCUT2D eigenvalue weighted by atomic mass is 10.1. The second-order valence-electron chi connectivity index (χ2n) is 8.32. The molecule has 0 N–H and O–H groups in total. The topological polar surface area (TPSA) is 102 Å². The molecular weight excluding hydrogens is 449 g/mol. The van der Waals surface area contributed by atoms with Crippen LogP contribution in [0.5, 0.6) is 0 Å². The Labute approximate surface area is 199 Å². The quantitative estimate of drug-likeness (QED) is 0.385. The van der Waals surface area contributed by atoms with Crippen LogP contribution >= 0.6 is 0 Å². The summed E-state index contributed by atoms with van der Waals surface area (Å²) in [7, 11) is 0. The number of nitrogens with zero attached hydrogens (tertiary/aromatic N) is 7. The van der Waals surface area contributed by atoms with E-state index in [4.69, 9.17) is 4.52 Å². The largest absolute Gasteiger partial charge is 0.339 e. The molecule has 5 aromatic heterocycles. The molecule has 6 rings (SSSR count). The van der Waals surface area contributed by atoms with Gasteiger partial charge in [-0.3, -0.25) is 14.2 Å². The number of rotatable bonds is 5. The Kier molecular flexibility index (Phi) is 5.25. The van der Waals surface area contributed by atoms with E-state index >= 15 is 0 Å². The molecule has 0 aromatic carbocycles. The fourth-order valence-corrected chi connectivity index (χ4v) is 4.50. The number of carbonyl (C=O) groups excluding carboxylic acids is 1. The van der Waals surface area contributed by atoms with Crippen LogP contribution < -0.4 is 0 Å². The van der Waals surface area contributed by atoms with Crippen LogP contribution in [-0.2, 0) is 6.42 Å². The number of hydrogen-bond donors (Lipinski definition) is 0. The van der Waals surface area contributed by atoms with E-state index in [1.165, 1.54) is 12.1 Å². The fourth-order valence-electron chi connectivity index (χ4n) is 4.50. The van der Waals surface area contributed by atoms with Crippen LogP contribution in [0.3, 0.4) is 0 Å². The van der Waals surface area contributed by atoms with Crippen LogP contribution in [-0.4, -0.2) is 52.9 Å². The molecule has 1 aliphatic heterocycles. The van der Waals surface area contributed by atoms with Gasteiger partial charge in [0.1, 0.15) is 22.9 Å². The molecule has 0 radical (unpaired) electrons. The van der Waals surface area contributed by atoms with Gasteiger partial charge in [-0.2, -0.15) is 4.98 Å². The SMILES string of the molecule is O=C(c1nc2ccccn2c1-c1ccccn1)N1CCC[C@H]1Cc1nc(-c2ccc(F)cn2)no1. The molecule has 1 amide bonds. The first-order valence-corrected chi connectivity index (χ1v) is 11.3. The first-order chi connectivity index (χ1) is 17.2. The number of fused-ring (bicyclic) bond motifs is 1. The summed E-state index contributed by atoms with van der Waals surface area (Å²) in [4.78, 5) is 33.2. The highest BCUT2D eigenvalue weighted by Gasteiger charge is 2.34. The van der Waals surface area contributed by atoms with Crippen LogP contribution in [0.2, 0.25) is 0 Å². The van der Waals surface area contributed by atoms with Gasteiger partial charge in [0.05, 0.1) is 11.9 Å². The van der Waals surface area contributed by atoms with E-state index in [2.05, 4.69) is 25.1 Å². The predicted molar refractivity (Wildman–Crippen MR) is 124 cm³/mol. The zero-order valence-electron chi connectivity index (χ0n) is 18.6. The molecule has 0 spiro atoms. The number of halogens is 1. The molecule has 1 fully saturated rings.